The summed E-state index contributed by atoms with van der Waals surface area (Å²) in [6, 6.07) is 6.48. The molecular weight excluding hydrogens is 355 g/mol. The van der Waals surface area contributed by atoms with Crippen LogP contribution >= 0.6 is 0 Å². The van der Waals surface area contributed by atoms with Gasteiger partial charge in [-0.25, -0.2) is 4.39 Å². The number of likely N-dealkylation sites (tertiary alicyclic amines) is 1. The molecule has 1 fully saturated rings. The Bertz CT molecular complexity index is 816. The zero-order valence-electron chi connectivity index (χ0n) is 16.6. The van der Waals surface area contributed by atoms with Crippen LogP contribution in [0.2, 0.25) is 0 Å². The summed E-state index contributed by atoms with van der Waals surface area (Å²) in [4.78, 5) is 14.9. The van der Waals surface area contributed by atoms with E-state index in [1.807, 2.05) is 11.8 Å². The summed E-state index contributed by atoms with van der Waals surface area (Å²) < 4.78 is 15.5. The number of piperidine rings is 1. The predicted octanol–water partition coefficient (Wildman–Crippen LogP) is 4.04. The van der Waals surface area contributed by atoms with Crippen LogP contribution in [0.25, 0.3) is 0 Å². The summed E-state index contributed by atoms with van der Waals surface area (Å²) in [5.74, 6) is 2.48. The summed E-state index contributed by atoms with van der Waals surface area (Å²) in [6.07, 6.45) is 7.16. The van der Waals surface area contributed by atoms with Crippen LogP contribution in [0.3, 0.4) is 0 Å². The van der Waals surface area contributed by atoms with Gasteiger partial charge in [-0.2, -0.15) is 0 Å². The highest BCUT2D eigenvalue weighted by Crippen LogP contribution is 2.29. The second-order valence-electron chi connectivity index (χ2n) is 8.27. The summed E-state index contributed by atoms with van der Waals surface area (Å²) >= 11 is 0. The SMILES string of the molecule is CC(CC(=O)N1CCCC(c2nnc3n2CCCCC3)C1)c1ccc(F)cc1. The van der Waals surface area contributed by atoms with Crippen LogP contribution in [0.1, 0.15) is 74.5 Å². The third kappa shape index (κ3) is 4.10. The zero-order chi connectivity index (χ0) is 19.5. The van der Waals surface area contributed by atoms with Crippen LogP contribution < -0.4 is 0 Å². The molecule has 6 heteroatoms. The fraction of sp³-hybridized carbons (Fsp3) is 0.591. The molecule has 3 heterocycles. The van der Waals surface area contributed by atoms with Crippen LogP contribution in [0.15, 0.2) is 24.3 Å². The molecule has 0 N–H and O–H groups in total. The Labute approximate surface area is 165 Å². The molecule has 1 amide bonds. The van der Waals surface area contributed by atoms with Gasteiger partial charge in [0.25, 0.3) is 0 Å². The van der Waals surface area contributed by atoms with E-state index < -0.39 is 0 Å². The largest absolute Gasteiger partial charge is 0.342 e. The summed E-state index contributed by atoms with van der Waals surface area (Å²) in [7, 11) is 0. The summed E-state index contributed by atoms with van der Waals surface area (Å²) in [5, 5.41) is 8.95. The molecule has 0 spiro atoms. The standard InChI is InChI=1S/C22H29FN4O/c1-16(17-8-10-19(23)11-9-17)14-21(28)26-12-5-6-18(15-26)22-25-24-20-7-3-2-4-13-27(20)22/h8-11,16,18H,2-7,12-15H2,1H3. The number of hydrogen-bond donors (Lipinski definition) is 0. The first-order chi connectivity index (χ1) is 13.6. The molecule has 0 aliphatic carbocycles. The molecule has 28 heavy (non-hydrogen) atoms. The maximum absolute atomic E-state index is 13.1. The van der Waals surface area contributed by atoms with Gasteiger partial charge in [-0.15, -0.1) is 10.2 Å². The molecule has 1 aromatic heterocycles. The van der Waals surface area contributed by atoms with E-state index in [1.54, 1.807) is 12.1 Å². The smallest absolute Gasteiger partial charge is 0.223 e. The highest BCUT2D eigenvalue weighted by Gasteiger charge is 2.30. The van der Waals surface area contributed by atoms with Gasteiger partial charge in [0, 0.05) is 38.4 Å². The number of benzene rings is 1. The van der Waals surface area contributed by atoms with Crippen molar-refractivity contribution < 1.29 is 9.18 Å². The number of aromatic nitrogens is 3. The van der Waals surface area contributed by atoms with Gasteiger partial charge in [-0.1, -0.05) is 25.5 Å². The van der Waals surface area contributed by atoms with Crippen LogP contribution in [0.5, 0.6) is 0 Å². The molecule has 150 valence electrons. The van der Waals surface area contributed by atoms with E-state index in [2.05, 4.69) is 14.8 Å². The number of amides is 1. The van der Waals surface area contributed by atoms with Crippen molar-refractivity contribution in [3.05, 3.63) is 47.3 Å². The highest BCUT2D eigenvalue weighted by atomic mass is 19.1. The molecule has 2 unspecified atom stereocenters. The van der Waals surface area contributed by atoms with Crippen molar-refractivity contribution in [3.63, 3.8) is 0 Å². The maximum atomic E-state index is 13.1. The minimum Gasteiger partial charge on any atom is -0.342 e. The van der Waals surface area contributed by atoms with Crippen LogP contribution in [-0.2, 0) is 17.8 Å². The van der Waals surface area contributed by atoms with Gasteiger partial charge in [0.2, 0.25) is 5.91 Å². The monoisotopic (exact) mass is 384 g/mol. The van der Waals surface area contributed by atoms with E-state index in [1.165, 1.54) is 31.4 Å². The third-order valence-corrected chi connectivity index (χ3v) is 6.20. The molecule has 2 aromatic rings. The molecule has 2 atom stereocenters. The molecule has 0 saturated carbocycles. The lowest BCUT2D eigenvalue weighted by atomic mass is 9.94. The van der Waals surface area contributed by atoms with E-state index in [9.17, 15) is 9.18 Å². The average molecular weight is 384 g/mol. The Morgan fingerprint density at radius 2 is 1.96 bits per heavy atom. The first kappa shape index (κ1) is 19.1. The Morgan fingerprint density at radius 3 is 2.79 bits per heavy atom. The van der Waals surface area contributed by atoms with E-state index in [4.69, 9.17) is 0 Å². The highest BCUT2D eigenvalue weighted by molar-refractivity contribution is 5.77. The van der Waals surface area contributed by atoms with Gasteiger partial charge < -0.3 is 9.47 Å². The van der Waals surface area contributed by atoms with Crippen LogP contribution in [0, 0.1) is 5.82 Å². The van der Waals surface area contributed by atoms with E-state index in [0.29, 0.717) is 6.42 Å². The number of hydrogen-bond acceptors (Lipinski definition) is 3. The zero-order valence-corrected chi connectivity index (χ0v) is 16.6. The first-order valence-corrected chi connectivity index (χ1v) is 10.6. The number of rotatable bonds is 4. The van der Waals surface area contributed by atoms with Crippen molar-refractivity contribution in [2.75, 3.05) is 13.1 Å². The van der Waals surface area contributed by atoms with Gasteiger partial charge in [-0.3, -0.25) is 4.79 Å². The van der Waals surface area contributed by atoms with Gasteiger partial charge in [0.15, 0.2) is 0 Å². The molecular formula is C22H29FN4O. The minimum absolute atomic E-state index is 0.0813. The van der Waals surface area contributed by atoms with E-state index in [-0.39, 0.29) is 23.6 Å². The van der Waals surface area contributed by atoms with Crippen molar-refractivity contribution in [1.29, 1.82) is 0 Å². The minimum atomic E-state index is -0.242. The van der Waals surface area contributed by atoms with Gasteiger partial charge >= 0.3 is 0 Å². The van der Waals surface area contributed by atoms with Crippen molar-refractivity contribution in [2.24, 2.45) is 0 Å². The Morgan fingerprint density at radius 1 is 1.14 bits per heavy atom. The van der Waals surface area contributed by atoms with Crippen molar-refractivity contribution in [2.45, 2.75) is 70.3 Å². The Balaban J connectivity index is 1.41. The van der Waals surface area contributed by atoms with E-state index >= 15 is 0 Å². The summed E-state index contributed by atoms with van der Waals surface area (Å²) in [5.41, 5.74) is 1.01. The van der Waals surface area contributed by atoms with Gasteiger partial charge in [0.05, 0.1) is 0 Å². The lowest BCUT2D eigenvalue weighted by Crippen LogP contribution is -2.40. The molecule has 0 radical (unpaired) electrons. The molecule has 2 aliphatic rings. The van der Waals surface area contributed by atoms with Crippen molar-refractivity contribution >= 4 is 5.91 Å². The Kier molecular flexibility index (Phi) is 5.74. The quantitative estimate of drug-likeness (QED) is 0.799. The second-order valence-corrected chi connectivity index (χ2v) is 8.27. The van der Waals surface area contributed by atoms with Gasteiger partial charge in [0.1, 0.15) is 17.5 Å². The van der Waals surface area contributed by atoms with Gasteiger partial charge in [-0.05, 0) is 49.3 Å². The molecule has 1 saturated heterocycles. The summed E-state index contributed by atoms with van der Waals surface area (Å²) in [6.45, 7) is 4.58. The van der Waals surface area contributed by atoms with Crippen LogP contribution in [0.4, 0.5) is 4.39 Å². The normalized spacial score (nSPS) is 21.1. The molecule has 0 bridgehead atoms. The second kappa shape index (κ2) is 8.41. The molecule has 4 rings (SSSR count). The molecule has 1 aromatic carbocycles. The maximum Gasteiger partial charge on any atom is 0.223 e. The number of halogens is 1. The first-order valence-electron chi connectivity index (χ1n) is 10.6. The number of carbonyl (C=O) groups excluding carboxylic acids is 1. The molecule has 2 aliphatic heterocycles. The fourth-order valence-corrected chi connectivity index (χ4v) is 4.52. The molecule has 5 nitrogen and oxygen atoms in total. The number of aryl methyl sites for hydroxylation is 1. The fourth-order valence-electron chi connectivity index (χ4n) is 4.52. The van der Waals surface area contributed by atoms with Crippen molar-refractivity contribution in [3.8, 4) is 0 Å². The number of fused-ring (bicyclic) bond motifs is 1. The lowest BCUT2D eigenvalue weighted by molar-refractivity contribution is -0.132. The number of carbonyl (C=O) groups is 1. The average Bonchev–Trinajstić information content (AvgIpc) is 2.97. The van der Waals surface area contributed by atoms with Crippen molar-refractivity contribution in [1.82, 2.24) is 19.7 Å². The topological polar surface area (TPSA) is 51.0 Å². The third-order valence-electron chi connectivity index (χ3n) is 6.20. The van der Waals surface area contributed by atoms with Crippen LogP contribution in [-0.4, -0.2) is 38.7 Å². The van der Waals surface area contributed by atoms with E-state index in [0.717, 1.165) is 56.1 Å². The predicted molar refractivity (Wildman–Crippen MR) is 106 cm³/mol. The lowest BCUT2D eigenvalue weighted by Gasteiger charge is -2.33. The Hall–Kier alpha value is -2.24. The number of nitrogens with zero attached hydrogens (tertiary/aromatic N) is 4.